The van der Waals surface area contributed by atoms with E-state index >= 15 is 4.79 Å². The molecule has 2 aliphatic carbocycles. The van der Waals surface area contributed by atoms with E-state index in [2.05, 4.69) is 5.43 Å². The number of amides is 4. The highest BCUT2D eigenvalue weighted by Crippen LogP contribution is 2.65. The van der Waals surface area contributed by atoms with Gasteiger partial charge in [0.15, 0.2) is 0 Å². The standard InChI is InChI=1S/C39H33Cl2N3O6/c1-3-43-35(46)26-15-14-25-27(32(26)37(43)48)19-28-36(47)44(42-30-16-11-22(40)18-29(30)41)38(49)39(28,21-9-12-23(50-2)13-10-21)34(25)33-24-7-5-4-6-20(24)8-17-31(33)45/h4-14,16-18,26-28,32,34,42,45H,3,15,19H2,1-2H3. The first-order valence-corrected chi connectivity index (χ1v) is 17.4. The Kier molecular flexibility index (Phi) is 7.69. The molecule has 4 aromatic rings. The maximum Gasteiger partial charge on any atom is 0.260 e. The third kappa shape index (κ3) is 4.45. The molecule has 50 heavy (non-hydrogen) atoms. The minimum absolute atomic E-state index is 0.0413. The summed E-state index contributed by atoms with van der Waals surface area (Å²) >= 11 is 12.7. The van der Waals surface area contributed by atoms with Crippen molar-refractivity contribution in [1.29, 1.82) is 0 Å². The van der Waals surface area contributed by atoms with Gasteiger partial charge in [0.25, 0.3) is 11.8 Å². The number of allylic oxidation sites excluding steroid dienone is 2. The van der Waals surface area contributed by atoms with Gasteiger partial charge in [-0.3, -0.25) is 29.5 Å². The zero-order valence-electron chi connectivity index (χ0n) is 27.2. The van der Waals surface area contributed by atoms with E-state index in [0.29, 0.717) is 39.4 Å². The molecule has 3 fully saturated rings. The number of hydrogen-bond donors (Lipinski definition) is 2. The van der Waals surface area contributed by atoms with Crippen LogP contribution in [0.4, 0.5) is 5.69 Å². The Morgan fingerprint density at radius 2 is 1.68 bits per heavy atom. The Balaban J connectivity index is 1.42. The SMILES string of the molecule is CCN1C(=O)C2CC=C3C(CC4C(=O)N(Nc5ccc(Cl)cc5Cl)C(=O)C4(c4ccc(OC)cc4)C3c3c(O)ccc4ccccc34)C2C1=O. The highest BCUT2D eigenvalue weighted by molar-refractivity contribution is 6.36. The maximum atomic E-state index is 15.5. The molecule has 0 radical (unpaired) electrons. The van der Waals surface area contributed by atoms with E-state index in [4.69, 9.17) is 27.9 Å². The lowest BCUT2D eigenvalue weighted by molar-refractivity contribution is -0.141. The molecule has 0 spiro atoms. The number of nitrogens with zero attached hydrogens (tertiary/aromatic N) is 2. The Morgan fingerprint density at radius 3 is 2.40 bits per heavy atom. The van der Waals surface area contributed by atoms with Gasteiger partial charge in [0.05, 0.1) is 41.0 Å². The number of aromatic hydroxyl groups is 1. The van der Waals surface area contributed by atoms with Crippen molar-refractivity contribution >= 4 is 63.3 Å². The van der Waals surface area contributed by atoms with Crippen molar-refractivity contribution in [3.05, 3.63) is 112 Å². The summed E-state index contributed by atoms with van der Waals surface area (Å²) in [5.41, 5.74) is 3.52. The number of phenolic OH excluding ortho intramolecular Hbond substituents is 1. The number of fused-ring (bicyclic) bond motifs is 5. The lowest BCUT2D eigenvalue weighted by Gasteiger charge is -2.51. The van der Waals surface area contributed by atoms with Gasteiger partial charge < -0.3 is 9.84 Å². The Morgan fingerprint density at radius 1 is 0.920 bits per heavy atom. The number of carbonyl (C=O) groups excluding carboxylic acids is 4. The van der Waals surface area contributed by atoms with Gasteiger partial charge in [-0.25, -0.2) is 0 Å². The van der Waals surface area contributed by atoms with E-state index in [9.17, 15) is 19.5 Å². The van der Waals surface area contributed by atoms with Gasteiger partial charge in [-0.15, -0.1) is 0 Å². The average molecular weight is 711 g/mol. The van der Waals surface area contributed by atoms with Crippen LogP contribution in [0.2, 0.25) is 10.0 Å². The Hall–Kier alpha value is -4.86. The number of phenols is 1. The average Bonchev–Trinajstić information content (AvgIpc) is 3.50. The van der Waals surface area contributed by atoms with E-state index in [-0.39, 0.29) is 35.6 Å². The van der Waals surface area contributed by atoms with Gasteiger partial charge >= 0.3 is 0 Å². The zero-order chi connectivity index (χ0) is 35.1. The molecule has 6 unspecified atom stereocenters. The Labute approximate surface area is 298 Å². The molecule has 0 bridgehead atoms. The number of imide groups is 2. The summed E-state index contributed by atoms with van der Waals surface area (Å²) in [5.74, 6) is -4.71. The van der Waals surface area contributed by atoms with Crippen LogP contribution in [0.5, 0.6) is 11.5 Å². The van der Waals surface area contributed by atoms with Crippen LogP contribution in [0, 0.1) is 23.7 Å². The van der Waals surface area contributed by atoms with Crippen molar-refractivity contribution in [2.75, 3.05) is 19.1 Å². The number of hydrazine groups is 1. The van der Waals surface area contributed by atoms with Crippen LogP contribution in [0.3, 0.4) is 0 Å². The van der Waals surface area contributed by atoms with Crippen molar-refractivity contribution in [3.8, 4) is 11.5 Å². The molecule has 0 aromatic heterocycles. The van der Waals surface area contributed by atoms with Crippen molar-refractivity contribution in [2.45, 2.75) is 31.1 Å². The van der Waals surface area contributed by atoms with Crippen LogP contribution in [-0.2, 0) is 24.6 Å². The minimum Gasteiger partial charge on any atom is -0.508 e. The number of nitrogens with one attached hydrogen (secondary N) is 1. The number of carbonyl (C=O) groups is 4. The summed E-state index contributed by atoms with van der Waals surface area (Å²) in [6, 6.07) is 22.8. The van der Waals surface area contributed by atoms with Crippen molar-refractivity contribution in [2.24, 2.45) is 23.7 Å². The van der Waals surface area contributed by atoms with Crippen molar-refractivity contribution in [1.82, 2.24) is 9.91 Å². The fourth-order valence-electron chi connectivity index (χ4n) is 9.12. The molecule has 254 valence electrons. The monoisotopic (exact) mass is 709 g/mol. The number of benzene rings is 4. The fourth-order valence-corrected chi connectivity index (χ4v) is 9.57. The highest BCUT2D eigenvalue weighted by atomic mass is 35.5. The first kappa shape index (κ1) is 32.4. The van der Waals surface area contributed by atoms with Gasteiger partial charge in [-0.1, -0.05) is 77.3 Å². The van der Waals surface area contributed by atoms with Gasteiger partial charge in [-0.2, -0.15) is 5.01 Å². The molecule has 11 heteroatoms. The topological polar surface area (TPSA) is 116 Å². The number of hydrogen-bond acceptors (Lipinski definition) is 7. The molecule has 4 aromatic carbocycles. The maximum absolute atomic E-state index is 15.5. The predicted molar refractivity (Wildman–Crippen MR) is 189 cm³/mol. The van der Waals surface area contributed by atoms with Crippen LogP contribution in [0.1, 0.15) is 36.8 Å². The molecular formula is C39H33Cl2N3O6. The zero-order valence-corrected chi connectivity index (χ0v) is 28.7. The second kappa shape index (κ2) is 11.9. The summed E-state index contributed by atoms with van der Waals surface area (Å²) < 4.78 is 5.47. The molecule has 4 amide bonds. The number of likely N-dealkylation sites (tertiary alicyclic amines) is 1. The third-order valence-electron chi connectivity index (χ3n) is 11.2. The van der Waals surface area contributed by atoms with E-state index < -0.39 is 46.8 Å². The van der Waals surface area contributed by atoms with Gasteiger partial charge in [0.1, 0.15) is 11.5 Å². The van der Waals surface area contributed by atoms with Crippen LogP contribution < -0.4 is 10.2 Å². The predicted octanol–water partition coefficient (Wildman–Crippen LogP) is 6.87. The van der Waals surface area contributed by atoms with E-state index in [0.717, 1.165) is 16.0 Å². The van der Waals surface area contributed by atoms with Crippen LogP contribution >= 0.6 is 23.2 Å². The van der Waals surface area contributed by atoms with Gasteiger partial charge in [0, 0.05) is 23.0 Å². The first-order chi connectivity index (χ1) is 24.1. The summed E-state index contributed by atoms with van der Waals surface area (Å²) in [5, 5.41) is 15.0. The summed E-state index contributed by atoms with van der Waals surface area (Å²) in [6.45, 7) is 2.02. The lowest BCUT2D eigenvalue weighted by atomic mass is 9.48. The molecule has 4 aliphatic rings. The largest absolute Gasteiger partial charge is 0.508 e. The van der Waals surface area contributed by atoms with Crippen LogP contribution in [0.25, 0.3) is 10.8 Å². The summed E-state index contributed by atoms with van der Waals surface area (Å²) in [6.07, 6.45) is 2.41. The Bertz CT molecular complexity index is 2150. The van der Waals surface area contributed by atoms with Gasteiger partial charge in [-0.05, 0) is 78.4 Å². The molecule has 2 saturated heterocycles. The highest BCUT2D eigenvalue weighted by Gasteiger charge is 2.70. The lowest BCUT2D eigenvalue weighted by Crippen LogP contribution is -2.53. The van der Waals surface area contributed by atoms with E-state index in [1.165, 1.54) is 11.0 Å². The van der Waals surface area contributed by atoms with Gasteiger partial charge in [0.2, 0.25) is 11.8 Å². The summed E-state index contributed by atoms with van der Waals surface area (Å²) in [4.78, 5) is 59.2. The van der Waals surface area contributed by atoms with Crippen LogP contribution in [-0.4, -0.2) is 52.3 Å². The van der Waals surface area contributed by atoms with Crippen molar-refractivity contribution in [3.63, 3.8) is 0 Å². The van der Waals surface area contributed by atoms with E-state index in [1.54, 1.807) is 56.5 Å². The molecular weight excluding hydrogens is 677 g/mol. The molecule has 2 heterocycles. The minimum atomic E-state index is -1.58. The van der Waals surface area contributed by atoms with Crippen LogP contribution in [0.15, 0.2) is 90.5 Å². The second-order valence-corrected chi connectivity index (χ2v) is 14.2. The molecule has 6 atom stereocenters. The number of halogens is 2. The van der Waals surface area contributed by atoms with Crippen molar-refractivity contribution < 1.29 is 29.0 Å². The fraction of sp³-hybridized carbons (Fsp3) is 0.282. The molecule has 1 saturated carbocycles. The number of anilines is 1. The number of methoxy groups -OCH3 is 1. The number of rotatable bonds is 6. The normalized spacial score (nSPS) is 27.3. The third-order valence-corrected chi connectivity index (χ3v) is 11.8. The first-order valence-electron chi connectivity index (χ1n) is 16.6. The quantitative estimate of drug-likeness (QED) is 0.166. The number of ether oxygens (including phenoxy) is 1. The second-order valence-electron chi connectivity index (χ2n) is 13.4. The molecule has 2 N–H and O–H groups in total. The summed E-state index contributed by atoms with van der Waals surface area (Å²) in [7, 11) is 1.55. The molecule has 8 rings (SSSR count). The van der Waals surface area contributed by atoms with E-state index in [1.807, 2.05) is 36.4 Å². The molecule has 9 nitrogen and oxygen atoms in total. The molecule has 2 aliphatic heterocycles. The smallest absolute Gasteiger partial charge is 0.260 e.